The Morgan fingerprint density at radius 3 is 2.80 bits per heavy atom. The van der Waals surface area contributed by atoms with E-state index in [1.54, 1.807) is 28.5 Å². The topological polar surface area (TPSA) is 60.3 Å². The molecule has 0 N–H and O–H groups in total. The molecule has 1 aliphatic heterocycles. The molecule has 0 radical (unpaired) electrons. The van der Waals surface area contributed by atoms with Crippen LogP contribution >= 0.6 is 11.6 Å². The normalized spacial score (nSPS) is 17.0. The van der Waals surface area contributed by atoms with Gasteiger partial charge in [-0.3, -0.25) is 9.36 Å². The highest BCUT2D eigenvalue weighted by atomic mass is 35.5. The summed E-state index contributed by atoms with van der Waals surface area (Å²) >= 11 is 5.91. The molecule has 1 saturated heterocycles. The first-order chi connectivity index (χ1) is 14.4. The number of rotatable bonds is 4. The third-order valence-corrected chi connectivity index (χ3v) is 5.33. The minimum Gasteiger partial charge on any atom is -0.349 e. The lowest BCUT2D eigenvalue weighted by Gasteiger charge is -2.30. The van der Waals surface area contributed by atoms with Crippen LogP contribution in [0.1, 0.15) is 19.2 Å². The van der Waals surface area contributed by atoms with Gasteiger partial charge in [-0.25, -0.2) is 18.7 Å². The zero-order valence-corrected chi connectivity index (χ0v) is 17.4. The van der Waals surface area contributed by atoms with Gasteiger partial charge < -0.3 is 9.64 Å². The molecule has 0 aliphatic carbocycles. The van der Waals surface area contributed by atoms with Gasteiger partial charge in [0.1, 0.15) is 17.5 Å². The largest absolute Gasteiger partial charge is 0.349 e. The Kier molecular flexibility index (Phi) is 5.71. The summed E-state index contributed by atoms with van der Waals surface area (Å²) in [5, 5.41) is 0.464. The third kappa shape index (κ3) is 3.77. The second-order valence-electron chi connectivity index (χ2n) is 7.19. The molecule has 0 amide bonds. The van der Waals surface area contributed by atoms with Gasteiger partial charge in [-0.15, -0.1) is 0 Å². The molecule has 1 aromatic carbocycles. The Labute approximate surface area is 177 Å². The number of anilines is 1. The second-order valence-corrected chi connectivity index (χ2v) is 7.63. The highest BCUT2D eigenvalue weighted by Crippen LogP contribution is 2.31. The van der Waals surface area contributed by atoms with E-state index in [0.717, 1.165) is 6.42 Å². The fourth-order valence-corrected chi connectivity index (χ4v) is 3.83. The minimum absolute atomic E-state index is 0.00701. The number of alkyl halides is 1. The van der Waals surface area contributed by atoms with Crippen LogP contribution in [-0.4, -0.2) is 40.6 Å². The Balaban J connectivity index is 2.01. The lowest BCUT2D eigenvalue weighted by Crippen LogP contribution is -2.41. The number of aryl methyl sites for hydroxylation is 1. The predicted octanol–water partition coefficient (Wildman–Crippen LogP) is 4.10. The van der Waals surface area contributed by atoms with Crippen LogP contribution in [0.2, 0.25) is 5.02 Å². The molecule has 3 aromatic rings. The lowest BCUT2D eigenvalue weighted by atomic mass is 10.1. The third-order valence-electron chi connectivity index (χ3n) is 5.10. The van der Waals surface area contributed by atoms with Crippen molar-refractivity contribution >= 4 is 28.3 Å². The van der Waals surface area contributed by atoms with Crippen LogP contribution in [0.25, 0.3) is 22.2 Å². The fourth-order valence-electron chi connectivity index (χ4n) is 3.68. The first kappa shape index (κ1) is 20.7. The molecule has 2 aromatic heterocycles. The van der Waals surface area contributed by atoms with Crippen molar-refractivity contribution in [2.75, 3.05) is 24.6 Å². The van der Waals surface area contributed by atoms with E-state index in [2.05, 4.69) is 9.97 Å². The molecule has 0 bridgehead atoms. The summed E-state index contributed by atoms with van der Waals surface area (Å²) in [7, 11) is 0. The number of fused-ring (bicyclic) bond motifs is 1. The van der Waals surface area contributed by atoms with E-state index in [9.17, 15) is 13.6 Å². The molecule has 9 heteroatoms. The fraction of sp³-hybridized carbons (Fsp3) is 0.381. The van der Waals surface area contributed by atoms with Crippen LogP contribution < -0.4 is 10.5 Å². The van der Waals surface area contributed by atoms with Crippen molar-refractivity contribution in [2.45, 2.75) is 33.2 Å². The maximum absolute atomic E-state index is 14.8. The number of halogens is 3. The van der Waals surface area contributed by atoms with Crippen molar-refractivity contribution < 1.29 is 13.5 Å². The first-order valence-corrected chi connectivity index (χ1v) is 10.1. The summed E-state index contributed by atoms with van der Waals surface area (Å²) in [4.78, 5) is 24.2. The molecular weight excluding hydrogens is 414 g/mol. The van der Waals surface area contributed by atoms with E-state index in [4.69, 9.17) is 16.3 Å². The average Bonchev–Trinajstić information content (AvgIpc) is 2.70. The molecule has 4 rings (SSSR count). The van der Waals surface area contributed by atoms with Crippen LogP contribution in [0, 0.1) is 12.7 Å². The summed E-state index contributed by atoms with van der Waals surface area (Å²) in [5.41, 5.74) is 0.414. The number of hydrogen-bond acceptors (Lipinski definition) is 5. The Morgan fingerprint density at radius 1 is 1.30 bits per heavy atom. The summed E-state index contributed by atoms with van der Waals surface area (Å²) in [6.07, 6.45) is -0.699. The summed E-state index contributed by atoms with van der Waals surface area (Å²) in [5.74, 6) is 0.373. The maximum atomic E-state index is 14.8. The number of benzene rings is 1. The average molecular weight is 435 g/mol. The van der Waals surface area contributed by atoms with Crippen molar-refractivity contribution in [3.05, 3.63) is 51.3 Å². The SMILES string of the molecule is CCCn1c(C)nc2cc(N3CCOC(F)C3)nc(-c3ccc(Cl)cc3F)c2c1=O. The summed E-state index contributed by atoms with van der Waals surface area (Å²) in [6.45, 7) is 4.83. The second kappa shape index (κ2) is 8.28. The Hall–Kier alpha value is -2.58. The number of nitrogens with zero attached hydrogens (tertiary/aromatic N) is 4. The number of ether oxygens (including phenoxy) is 1. The molecule has 158 valence electrons. The van der Waals surface area contributed by atoms with Crippen molar-refractivity contribution in [1.29, 1.82) is 0 Å². The van der Waals surface area contributed by atoms with Crippen molar-refractivity contribution in [3.8, 4) is 11.3 Å². The van der Waals surface area contributed by atoms with E-state index in [-0.39, 0.29) is 40.4 Å². The van der Waals surface area contributed by atoms with Crippen LogP contribution in [0.3, 0.4) is 0 Å². The molecule has 30 heavy (non-hydrogen) atoms. The number of morpholine rings is 1. The smallest absolute Gasteiger partial charge is 0.263 e. The first-order valence-electron chi connectivity index (χ1n) is 9.77. The molecule has 3 heterocycles. The van der Waals surface area contributed by atoms with Crippen molar-refractivity contribution in [2.24, 2.45) is 0 Å². The zero-order chi connectivity index (χ0) is 21.4. The Bertz CT molecular complexity index is 1170. The molecular formula is C21H21ClF2N4O2. The zero-order valence-electron chi connectivity index (χ0n) is 16.7. The van der Waals surface area contributed by atoms with E-state index in [0.29, 0.717) is 30.2 Å². The minimum atomic E-state index is -1.45. The van der Waals surface area contributed by atoms with Gasteiger partial charge in [-0.05, 0) is 31.5 Å². The molecule has 0 spiro atoms. The number of aromatic nitrogens is 3. The monoisotopic (exact) mass is 434 g/mol. The molecule has 1 atom stereocenters. The highest BCUT2D eigenvalue weighted by molar-refractivity contribution is 6.30. The van der Waals surface area contributed by atoms with E-state index in [1.807, 2.05) is 6.92 Å². The quantitative estimate of drug-likeness (QED) is 0.618. The molecule has 1 fully saturated rings. The standard InChI is InChI=1S/C21H21ClF2N4O2/c1-3-6-28-12(2)25-16-10-18(27-7-8-30-17(24)11-27)26-20(19(16)21(28)29)14-5-4-13(22)9-15(14)23/h4-5,9-10,17H,3,6-8,11H2,1-2H3. The van der Waals surface area contributed by atoms with Gasteiger partial charge >= 0.3 is 0 Å². The predicted molar refractivity (Wildman–Crippen MR) is 112 cm³/mol. The number of hydrogen-bond donors (Lipinski definition) is 0. The number of pyridine rings is 1. The van der Waals surface area contributed by atoms with Gasteiger partial charge in [0.15, 0.2) is 0 Å². The molecule has 1 aliphatic rings. The summed E-state index contributed by atoms with van der Waals surface area (Å²) < 4.78 is 35.1. The van der Waals surface area contributed by atoms with Crippen LogP contribution in [-0.2, 0) is 11.3 Å². The van der Waals surface area contributed by atoms with Gasteiger partial charge in [0, 0.05) is 29.7 Å². The Morgan fingerprint density at radius 2 is 2.10 bits per heavy atom. The van der Waals surface area contributed by atoms with Gasteiger partial charge in [-0.1, -0.05) is 18.5 Å². The molecule has 6 nitrogen and oxygen atoms in total. The molecule has 0 saturated carbocycles. The van der Waals surface area contributed by atoms with Gasteiger partial charge in [-0.2, -0.15) is 0 Å². The van der Waals surface area contributed by atoms with Gasteiger partial charge in [0.2, 0.25) is 6.36 Å². The van der Waals surface area contributed by atoms with Crippen LogP contribution in [0.15, 0.2) is 29.1 Å². The van der Waals surface area contributed by atoms with Gasteiger partial charge in [0.05, 0.1) is 29.7 Å². The van der Waals surface area contributed by atoms with E-state index < -0.39 is 12.2 Å². The maximum Gasteiger partial charge on any atom is 0.263 e. The van der Waals surface area contributed by atoms with Crippen molar-refractivity contribution in [1.82, 2.24) is 14.5 Å². The van der Waals surface area contributed by atoms with Crippen LogP contribution in [0.5, 0.6) is 0 Å². The van der Waals surface area contributed by atoms with E-state index in [1.165, 1.54) is 12.1 Å². The summed E-state index contributed by atoms with van der Waals surface area (Å²) in [6, 6.07) is 5.85. The van der Waals surface area contributed by atoms with Crippen LogP contribution in [0.4, 0.5) is 14.6 Å². The van der Waals surface area contributed by atoms with Gasteiger partial charge in [0.25, 0.3) is 5.56 Å². The molecule has 1 unspecified atom stereocenters. The van der Waals surface area contributed by atoms with E-state index >= 15 is 0 Å². The highest BCUT2D eigenvalue weighted by Gasteiger charge is 2.24. The van der Waals surface area contributed by atoms with Crippen molar-refractivity contribution in [3.63, 3.8) is 0 Å². The lowest BCUT2D eigenvalue weighted by molar-refractivity contribution is -0.0467.